The number of amides is 1. The van der Waals surface area contributed by atoms with Crippen molar-refractivity contribution in [3.63, 3.8) is 0 Å². The van der Waals surface area contributed by atoms with Crippen molar-refractivity contribution in [3.8, 4) is 11.3 Å². The van der Waals surface area contributed by atoms with E-state index >= 15 is 0 Å². The largest absolute Gasteiger partial charge is 0.463 e. The molecule has 0 aliphatic heterocycles. The molecule has 0 aliphatic rings. The van der Waals surface area contributed by atoms with Crippen LogP contribution in [0.1, 0.15) is 53.7 Å². The third kappa shape index (κ3) is 4.76. The number of ether oxygens (including phenoxy) is 1. The van der Waals surface area contributed by atoms with E-state index in [0.29, 0.717) is 11.4 Å². The molecule has 0 saturated carbocycles. The normalized spacial score (nSPS) is 12.1. The van der Waals surface area contributed by atoms with Crippen LogP contribution in [0.25, 0.3) is 11.3 Å². The summed E-state index contributed by atoms with van der Waals surface area (Å²) in [5, 5.41) is 14.4. The maximum absolute atomic E-state index is 12.9. The van der Waals surface area contributed by atoms with E-state index in [2.05, 4.69) is 20.6 Å². The van der Waals surface area contributed by atoms with Crippen LogP contribution < -0.4 is 5.32 Å². The Balaban J connectivity index is 1.81. The van der Waals surface area contributed by atoms with Gasteiger partial charge in [0.25, 0.3) is 5.91 Å². The number of H-pyrrole nitrogens is 1. The molecule has 2 aromatic heterocycles. The molecule has 3 aromatic rings. The van der Waals surface area contributed by atoms with Crippen LogP contribution in [0.15, 0.2) is 36.4 Å². The number of benzene rings is 1. The molecule has 8 nitrogen and oxygen atoms in total. The van der Waals surface area contributed by atoms with Gasteiger partial charge in [-0.25, -0.2) is 0 Å². The number of carbonyl (C=O) groups is 2. The molecule has 3 rings (SSSR count). The van der Waals surface area contributed by atoms with Crippen LogP contribution in [0, 0.1) is 13.8 Å². The Bertz CT molecular complexity index is 1040. The molecule has 0 fully saturated rings. The maximum Gasteiger partial charge on any atom is 0.308 e. The second-order valence-electron chi connectivity index (χ2n) is 7.52. The van der Waals surface area contributed by atoms with Crippen LogP contribution in [0.2, 0.25) is 0 Å². The number of esters is 1. The average molecular weight is 409 g/mol. The number of rotatable bonds is 7. The fourth-order valence-electron chi connectivity index (χ4n) is 3.36. The molecule has 1 atom stereocenters. The molecule has 0 saturated heterocycles. The minimum Gasteiger partial charge on any atom is -0.463 e. The molecular formula is C22H27N5O3. The average Bonchev–Trinajstić information content (AvgIpc) is 3.26. The number of carbonyl (C=O) groups excluding carboxylic acids is 2. The molecule has 0 aliphatic carbocycles. The molecule has 1 aromatic carbocycles. The van der Waals surface area contributed by atoms with E-state index in [0.717, 1.165) is 22.5 Å². The molecule has 30 heavy (non-hydrogen) atoms. The van der Waals surface area contributed by atoms with E-state index in [1.54, 1.807) is 24.6 Å². The first-order valence-corrected chi connectivity index (χ1v) is 9.87. The Labute approximate surface area is 175 Å². The predicted molar refractivity (Wildman–Crippen MR) is 113 cm³/mol. The zero-order valence-corrected chi connectivity index (χ0v) is 17.9. The minimum atomic E-state index is -0.515. The molecule has 2 N–H and O–H groups in total. The molecule has 1 amide bonds. The molecule has 0 radical (unpaired) electrons. The lowest BCUT2D eigenvalue weighted by atomic mass is 10.0. The van der Waals surface area contributed by atoms with Gasteiger partial charge in [0, 0.05) is 18.3 Å². The Morgan fingerprint density at radius 3 is 2.50 bits per heavy atom. The van der Waals surface area contributed by atoms with E-state index in [4.69, 9.17) is 4.74 Å². The molecule has 158 valence electrons. The van der Waals surface area contributed by atoms with Crippen molar-refractivity contribution >= 4 is 11.9 Å². The summed E-state index contributed by atoms with van der Waals surface area (Å²) in [5.41, 5.74) is 4.49. The number of nitrogens with zero attached hydrogens (tertiary/aromatic N) is 3. The third-order valence-corrected chi connectivity index (χ3v) is 4.83. The summed E-state index contributed by atoms with van der Waals surface area (Å²) >= 11 is 0. The fourth-order valence-corrected chi connectivity index (χ4v) is 3.36. The highest BCUT2D eigenvalue weighted by Gasteiger charge is 2.23. The van der Waals surface area contributed by atoms with Gasteiger partial charge in [-0.2, -0.15) is 10.2 Å². The summed E-state index contributed by atoms with van der Waals surface area (Å²) < 4.78 is 7.04. The van der Waals surface area contributed by atoms with Crippen molar-refractivity contribution in [1.29, 1.82) is 0 Å². The summed E-state index contributed by atoms with van der Waals surface area (Å²) in [5.74, 6) is -0.717. The summed E-state index contributed by atoms with van der Waals surface area (Å²) in [7, 11) is 1.87. The highest BCUT2D eigenvalue weighted by Crippen LogP contribution is 2.25. The topological polar surface area (TPSA) is 102 Å². The summed E-state index contributed by atoms with van der Waals surface area (Å²) in [4.78, 5) is 25.1. The Morgan fingerprint density at radius 1 is 1.20 bits per heavy atom. The van der Waals surface area contributed by atoms with Crippen molar-refractivity contribution in [2.45, 2.75) is 46.3 Å². The lowest BCUT2D eigenvalue weighted by Gasteiger charge is -2.19. The van der Waals surface area contributed by atoms with Crippen molar-refractivity contribution < 1.29 is 14.3 Å². The summed E-state index contributed by atoms with van der Waals surface area (Å²) in [6.45, 7) is 7.45. The van der Waals surface area contributed by atoms with E-state index < -0.39 is 6.04 Å². The Hall–Kier alpha value is -3.42. The molecule has 2 heterocycles. The van der Waals surface area contributed by atoms with Crippen LogP contribution in [0.4, 0.5) is 0 Å². The van der Waals surface area contributed by atoms with Gasteiger partial charge < -0.3 is 10.1 Å². The highest BCUT2D eigenvalue weighted by atomic mass is 16.5. The van der Waals surface area contributed by atoms with Crippen LogP contribution in [-0.2, 0) is 16.6 Å². The Kier molecular flexibility index (Phi) is 6.34. The van der Waals surface area contributed by atoms with E-state index in [9.17, 15) is 9.59 Å². The quantitative estimate of drug-likeness (QED) is 0.583. The van der Waals surface area contributed by atoms with Crippen molar-refractivity contribution in [2.75, 3.05) is 0 Å². The van der Waals surface area contributed by atoms with Crippen LogP contribution in [0.5, 0.6) is 0 Å². The number of aromatic amines is 1. The zero-order valence-electron chi connectivity index (χ0n) is 17.9. The van der Waals surface area contributed by atoms with E-state index in [1.165, 1.54) is 0 Å². The molecular weight excluding hydrogens is 382 g/mol. The number of hydrogen-bond donors (Lipinski definition) is 2. The number of aryl methyl sites for hydroxylation is 2. The van der Waals surface area contributed by atoms with Gasteiger partial charge in [0.15, 0.2) is 0 Å². The molecule has 1 unspecified atom stereocenters. The van der Waals surface area contributed by atoms with Crippen molar-refractivity contribution in [3.05, 3.63) is 59.0 Å². The number of nitrogens with one attached hydrogen (secondary N) is 2. The van der Waals surface area contributed by atoms with Gasteiger partial charge >= 0.3 is 5.97 Å². The maximum atomic E-state index is 12.9. The minimum absolute atomic E-state index is 0.0374. The second-order valence-corrected chi connectivity index (χ2v) is 7.52. The first-order valence-electron chi connectivity index (χ1n) is 9.87. The monoisotopic (exact) mass is 409 g/mol. The highest BCUT2D eigenvalue weighted by molar-refractivity contribution is 5.94. The fraction of sp³-hybridized carbons (Fsp3) is 0.364. The van der Waals surface area contributed by atoms with Gasteiger partial charge in [0.2, 0.25) is 0 Å². The number of hydrogen-bond acceptors (Lipinski definition) is 5. The van der Waals surface area contributed by atoms with Crippen molar-refractivity contribution in [2.24, 2.45) is 7.05 Å². The molecule has 8 heteroatoms. The zero-order chi connectivity index (χ0) is 21.8. The predicted octanol–water partition coefficient (Wildman–Crippen LogP) is 3.24. The van der Waals surface area contributed by atoms with Crippen molar-refractivity contribution in [1.82, 2.24) is 25.3 Å². The second kappa shape index (κ2) is 8.94. The van der Waals surface area contributed by atoms with Gasteiger partial charge in [-0.3, -0.25) is 19.4 Å². The van der Waals surface area contributed by atoms with Crippen LogP contribution in [-0.4, -0.2) is 38.0 Å². The van der Waals surface area contributed by atoms with Crippen LogP contribution >= 0.6 is 0 Å². The van der Waals surface area contributed by atoms with Crippen LogP contribution in [0.3, 0.4) is 0 Å². The summed E-state index contributed by atoms with van der Waals surface area (Å²) in [6.07, 6.45) is -0.179. The standard InChI is InChI=1S/C22H27N5O3/c1-13(2)30-20(28)12-17(16-9-7-6-8-10-16)23-22(29)19-11-18(24-25-19)21-14(3)26-27(5)15(21)4/h6-11,13,17H,12H2,1-5H3,(H,23,29)(H,24,25). The summed E-state index contributed by atoms with van der Waals surface area (Å²) in [6, 6.07) is 10.5. The van der Waals surface area contributed by atoms with Gasteiger partial charge in [0.05, 0.1) is 30.0 Å². The first kappa shape index (κ1) is 21.3. The van der Waals surface area contributed by atoms with Gasteiger partial charge in [-0.1, -0.05) is 30.3 Å². The molecule has 0 bridgehead atoms. The Morgan fingerprint density at radius 2 is 1.90 bits per heavy atom. The smallest absolute Gasteiger partial charge is 0.308 e. The first-order chi connectivity index (χ1) is 14.3. The third-order valence-electron chi connectivity index (χ3n) is 4.83. The van der Waals surface area contributed by atoms with Gasteiger partial charge in [-0.05, 0) is 39.3 Å². The SMILES string of the molecule is Cc1nn(C)c(C)c1-c1cc(C(=O)NC(CC(=O)OC(C)C)c2ccccc2)[nH]n1. The molecule has 0 spiro atoms. The lowest BCUT2D eigenvalue weighted by Crippen LogP contribution is -2.31. The van der Waals surface area contributed by atoms with E-state index in [1.807, 2.05) is 51.2 Å². The lowest BCUT2D eigenvalue weighted by molar-refractivity contribution is -0.147. The van der Waals surface area contributed by atoms with E-state index in [-0.39, 0.29) is 24.4 Å². The van der Waals surface area contributed by atoms with Gasteiger partial charge in [0.1, 0.15) is 5.69 Å². The number of aromatic nitrogens is 4. The van der Waals surface area contributed by atoms with Gasteiger partial charge in [-0.15, -0.1) is 0 Å².